The van der Waals surface area contributed by atoms with E-state index in [4.69, 9.17) is 5.73 Å². The summed E-state index contributed by atoms with van der Waals surface area (Å²) < 4.78 is 0. The first kappa shape index (κ1) is 11.4. The third-order valence-corrected chi connectivity index (χ3v) is 4.19. The van der Waals surface area contributed by atoms with E-state index in [1.165, 1.54) is 51.9 Å². The van der Waals surface area contributed by atoms with Gasteiger partial charge in [0.1, 0.15) is 0 Å². The molecule has 0 unspecified atom stereocenters. The molecule has 3 heteroatoms. The molecule has 2 fully saturated rings. The average molecular weight is 211 g/mol. The zero-order valence-corrected chi connectivity index (χ0v) is 9.99. The lowest BCUT2D eigenvalue weighted by Crippen LogP contribution is -2.47. The molecule has 0 saturated carbocycles. The van der Waals surface area contributed by atoms with Crippen LogP contribution in [0.4, 0.5) is 0 Å². The van der Waals surface area contributed by atoms with Gasteiger partial charge in [0.05, 0.1) is 0 Å². The normalized spacial score (nSPS) is 28.4. The summed E-state index contributed by atoms with van der Waals surface area (Å²) in [6.07, 6.45) is 5.37. The van der Waals surface area contributed by atoms with Crippen molar-refractivity contribution < 1.29 is 0 Å². The fourth-order valence-corrected chi connectivity index (χ4v) is 2.91. The Labute approximate surface area is 93.6 Å². The summed E-state index contributed by atoms with van der Waals surface area (Å²) in [7, 11) is 2.23. The first-order valence-electron chi connectivity index (χ1n) is 6.42. The maximum absolute atomic E-state index is 5.72. The third-order valence-electron chi connectivity index (χ3n) is 4.19. The van der Waals surface area contributed by atoms with Crippen molar-refractivity contribution in [3.8, 4) is 0 Å². The summed E-state index contributed by atoms with van der Waals surface area (Å²) in [5.41, 5.74) is 5.72. The Balaban J connectivity index is 1.75. The lowest BCUT2D eigenvalue weighted by molar-refractivity contribution is 0.0870. The Morgan fingerprint density at radius 2 is 1.60 bits per heavy atom. The molecule has 2 rings (SSSR count). The number of hydrogen-bond donors (Lipinski definition) is 1. The molecule has 3 nitrogen and oxygen atoms in total. The fourth-order valence-electron chi connectivity index (χ4n) is 2.91. The number of hydrogen-bond acceptors (Lipinski definition) is 3. The van der Waals surface area contributed by atoms with Crippen LogP contribution in [0.5, 0.6) is 0 Å². The first-order valence-corrected chi connectivity index (χ1v) is 6.42. The van der Waals surface area contributed by atoms with Gasteiger partial charge in [-0.2, -0.15) is 0 Å². The largest absolute Gasteiger partial charge is 0.330 e. The van der Waals surface area contributed by atoms with Crippen molar-refractivity contribution in [2.45, 2.75) is 31.7 Å². The van der Waals surface area contributed by atoms with Gasteiger partial charge in [-0.3, -0.25) is 0 Å². The molecule has 0 aromatic heterocycles. The van der Waals surface area contributed by atoms with E-state index in [-0.39, 0.29) is 0 Å². The van der Waals surface area contributed by atoms with E-state index in [1.54, 1.807) is 0 Å². The molecule has 0 bridgehead atoms. The van der Waals surface area contributed by atoms with Crippen molar-refractivity contribution in [3.05, 3.63) is 0 Å². The molecular formula is C12H25N3. The smallest absolute Gasteiger partial charge is 0.0120 e. The number of rotatable bonds is 2. The Morgan fingerprint density at radius 1 is 1.00 bits per heavy atom. The molecule has 2 N–H and O–H groups in total. The quantitative estimate of drug-likeness (QED) is 0.731. The van der Waals surface area contributed by atoms with Gasteiger partial charge in [-0.15, -0.1) is 0 Å². The van der Waals surface area contributed by atoms with E-state index in [0.717, 1.165) is 18.5 Å². The Hall–Kier alpha value is -0.120. The number of likely N-dealkylation sites (tertiary alicyclic amines) is 2. The van der Waals surface area contributed by atoms with Gasteiger partial charge >= 0.3 is 0 Å². The van der Waals surface area contributed by atoms with Gasteiger partial charge in [0.15, 0.2) is 0 Å². The Morgan fingerprint density at radius 3 is 2.13 bits per heavy atom. The van der Waals surface area contributed by atoms with Gasteiger partial charge < -0.3 is 15.5 Å². The van der Waals surface area contributed by atoms with E-state index < -0.39 is 0 Å². The lowest BCUT2D eigenvalue weighted by Gasteiger charge is -2.40. The first-order chi connectivity index (χ1) is 7.29. The highest BCUT2D eigenvalue weighted by Crippen LogP contribution is 2.22. The van der Waals surface area contributed by atoms with Crippen LogP contribution in [0.15, 0.2) is 0 Å². The van der Waals surface area contributed by atoms with Gasteiger partial charge in [0.2, 0.25) is 0 Å². The maximum Gasteiger partial charge on any atom is 0.0120 e. The van der Waals surface area contributed by atoms with Crippen LogP contribution >= 0.6 is 0 Å². The predicted molar refractivity (Wildman–Crippen MR) is 63.9 cm³/mol. The molecule has 2 aliphatic rings. The van der Waals surface area contributed by atoms with E-state index in [0.29, 0.717) is 0 Å². The molecule has 0 aromatic rings. The van der Waals surface area contributed by atoms with Crippen LogP contribution in [0.1, 0.15) is 25.7 Å². The van der Waals surface area contributed by atoms with E-state index >= 15 is 0 Å². The summed E-state index contributed by atoms with van der Waals surface area (Å²) in [4.78, 5) is 5.16. The molecule has 88 valence electrons. The minimum Gasteiger partial charge on any atom is -0.330 e. The third kappa shape index (κ3) is 2.92. The van der Waals surface area contributed by atoms with Gasteiger partial charge in [-0.1, -0.05) is 0 Å². The second-order valence-corrected chi connectivity index (χ2v) is 5.25. The monoisotopic (exact) mass is 211 g/mol. The van der Waals surface area contributed by atoms with Crippen LogP contribution in [0, 0.1) is 5.92 Å². The highest BCUT2D eigenvalue weighted by Gasteiger charge is 2.26. The molecule has 0 aromatic carbocycles. The molecule has 0 atom stereocenters. The predicted octanol–water partition coefficient (Wildman–Crippen LogP) is 0.751. The summed E-state index contributed by atoms with van der Waals surface area (Å²) in [5, 5.41) is 0. The maximum atomic E-state index is 5.72. The topological polar surface area (TPSA) is 32.5 Å². The van der Waals surface area contributed by atoms with Crippen molar-refractivity contribution in [2.24, 2.45) is 11.7 Å². The molecule has 2 heterocycles. The van der Waals surface area contributed by atoms with Crippen LogP contribution in [-0.4, -0.2) is 55.6 Å². The van der Waals surface area contributed by atoms with Crippen LogP contribution in [-0.2, 0) is 0 Å². The minimum absolute atomic E-state index is 0.799. The summed E-state index contributed by atoms with van der Waals surface area (Å²) in [6, 6.07) is 0.861. The molecule has 2 saturated heterocycles. The Kier molecular flexibility index (Phi) is 4.00. The van der Waals surface area contributed by atoms with Crippen LogP contribution < -0.4 is 5.73 Å². The van der Waals surface area contributed by atoms with Crippen molar-refractivity contribution in [2.75, 3.05) is 39.8 Å². The van der Waals surface area contributed by atoms with Gasteiger partial charge in [-0.25, -0.2) is 0 Å². The lowest BCUT2D eigenvalue weighted by atomic mass is 9.94. The second-order valence-electron chi connectivity index (χ2n) is 5.25. The van der Waals surface area contributed by atoms with Crippen LogP contribution in [0.2, 0.25) is 0 Å². The van der Waals surface area contributed by atoms with Crippen LogP contribution in [0.25, 0.3) is 0 Å². The van der Waals surface area contributed by atoms with Crippen molar-refractivity contribution in [1.29, 1.82) is 0 Å². The van der Waals surface area contributed by atoms with Crippen LogP contribution in [0.3, 0.4) is 0 Å². The van der Waals surface area contributed by atoms with Crippen molar-refractivity contribution >= 4 is 0 Å². The number of nitrogens with zero attached hydrogens (tertiary/aromatic N) is 2. The molecular weight excluding hydrogens is 186 g/mol. The molecule has 0 aliphatic carbocycles. The highest BCUT2D eigenvalue weighted by molar-refractivity contribution is 4.82. The van der Waals surface area contributed by atoms with Crippen molar-refractivity contribution in [1.82, 2.24) is 9.80 Å². The fraction of sp³-hybridized carbons (Fsp3) is 1.00. The number of nitrogens with two attached hydrogens (primary N) is 1. The van der Waals surface area contributed by atoms with E-state index in [2.05, 4.69) is 16.8 Å². The zero-order valence-electron chi connectivity index (χ0n) is 9.99. The van der Waals surface area contributed by atoms with E-state index in [1.807, 2.05) is 0 Å². The highest BCUT2D eigenvalue weighted by atomic mass is 15.2. The minimum atomic E-state index is 0.799. The second kappa shape index (κ2) is 5.28. The number of piperidine rings is 2. The summed E-state index contributed by atoms with van der Waals surface area (Å²) in [6.45, 7) is 6.02. The molecule has 0 spiro atoms. The molecule has 2 aliphatic heterocycles. The van der Waals surface area contributed by atoms with Crippen molar-refractivity contribution in [3.63, 3.8) is 0 Å². The zero-order chi connectivity index (χ0) is 10.7. The molecule has 0 amide bonds. The average Bonchev–Trinajstić information content (AvgIpc) is 2.30. The summed E-state index contributed by atoms with van der Waals surface area (Å²) in [5.74, 6) is 0.799. The standard InChI is InChI=1S/C12H25N3/c1-14-6-4-12(5-7-14)15-8-2-11(10-13)3-9-15/h11-12H,2-10,13H2,1H3. The Bertz CT molecular complexity index is 179. The van der Waals surface area contributed by atoms with Gasteiger partial charge in [0.25, 0.3) is 0 Å². The van der Waals surface area contributed by atoms with Gasteiger partial charge in [0, 0.05) is 6.04 Å². The SMILES string of the molecule is CN1CCC(N2CCC(CN)CC2)CC1. The van der Waals surface area contributed by atoms with Gasteiger partial charge in [-0.05, 0) is 71.4 Å². The van der Waals surface area contributed by atoms with E-state index in [9.17, 15) is 0 Å². The summed E-state index contributed by atoms with van der Waals surface area (Å²) >= 11 is 0. The molecule has 0 radical (unpaired) electrons. The molecule has 15 heavy (non-hydrogen) atoms.